The highest BCUT2D eigenvalue weighted by atomic mass is 35.5. The van der Waals surface area contributed by atoms with Gasteiger partial charge >= 0.3 is 0 Å². The zero-order valence-electron chi connectivity index (χ0n) is 9.94. The molecule has 0 saturated carbocycles. The minimum absolute atomic E-state index is 0.164. The lowest BCUT2D eigenvalue weighted by Gasteiger charge is -2.12. The van der Waals surface area contributed by atoms with Gasteiger partial charge in [-0.05, 0) is 18.2 Å². The molecule has 0 fully saturated rings. The SMILES string of the molecule is COC(CN)CC(=O)Nc1ccc(Cl)c(C#N)c1. The summed E-state index contributed by atoms with van der Waals surface area (Å²) in [5, 5.41) is 11.8. The number of benzene rings is 1. The Morgan fingerprint density at radius 3 is 2.94 bits per heavy atom. The van der Waals surface area contributed by atoms with Gasteiger partial charge in [0.05, 0.1) is 23.1 Å². The molecule has 5 nitrogen and oxygen atoms in total. The largest absolute Gasteiger partial charge is 0.380 e. The molecule has 1 atom stereocenters. The van der Waals surface area contributed by atoms with Crippen LogP contribution in [0.25, 0.3) is 0 Å². The Bertz CT molecular complexity index is 467. The third-order valence-electron chi connectivity index (χ3n) is 2.38. The number of hydrogen-bond acceptors (Lipinski definition) is 4. The minimum Gasteiger partial charge on any atom is -0.380 e. The van der Waals surface area contributed by atoms with Gasteiger partial charge < -0.3 is 15.8 Å². The third-order valence-corrected chi connectivity index (χ3v) is 2.71. The second-order valence-corrected chi connectivity index (χ2v) is 4.06. The second kappa shape index (κ2) is 6.97. The van der Waals surface area contributed by atoms with E-state index in [1.165, 1.54) is 13.2 Å². The summed E-state index contributed by atoms with van der Waals surface area (Å²) >= 11 is 5.79. The van der Waals surface area contributed by atoms with Crippen LogP contribution in [0, 0.1) is 11.3 Å². The fraction of sp³-hybridized carbons (Fsp3) is 0.333. The zero-order chi connectivity index (χ0) is 13.5. The fourth-order valence-corrected chi connectivity index (χ4v) is 1.53. The summed E-state index contributed by atoms with van der Waals surface area (Å²) in [4.78, 5) is 11.7. The summed E-state index contributed by atoms with van der Waals surface area (Å²) in [6.07, 6.45) is -0.148. The number of amides is 1. The van der Waals surface area contributed by atoms with Crippen molar-refractivity contribution in [1.29, 1.82) is 5.26 Å². The molecular weight excluding hydrogens is 254 g/mol. The van der Waals surface area contributed by atoms with E-state index in [1.807, 2.05) is 6.07 Å². The Morgan fingerprint density at radius 1 is 1.67 bits per heavy atom. The molecule has 96 valence electrons. The molecule has 1 aromatic carbocycles. The van der Waals surface area contributed by atoms with Gasteiger partial charge in [-0.25, -0.2) is 0 Å². The van der Waals surface area contributed by atoms with E-state index < -0.39 is 0 Å². The molecule has 0 saturated heterocycles. The third kappa shape index (κ3) is 4.00. The number of methoxy groups -OCH3 is 1. The van der Waals surface area contributed by atoms with E-state index in [0.717, 1.165) is 0 Å². The van der Waals surface area contributed by atoms with Crippen LogP contribution >= 0.6 is 11.6 Å². The summed E-state index contributed by atoms with van der Waals surface area (Å²) in [6, 6.07) is 6.65. The quantitative estimate of drug-likeness (QED) is 0.846. The maximum Gasteiger partial charge on any atom is 0.227 e. The molecule has 0 heterocycles. The highest BCUT2D eigenvalue weighted by Crippen LogP contribution is 2.19. The Hall–Kier alpha value is -1.61. The van der Waals surface area contributed by atoms with Gasteiger partial charge in [-0.3, -0.25) is 4.79 Å². The molecule has 0 aromatic heterocycles. The summed E-state index contributed by atoms with van der Waals surface area (Å²) in [5.74, 6) is -0.224. The molecule has 0 aliphatic rings. The molecule has 6 heteroatoms. The van der Waals surface area contributed by atoms with E-state index in [1.54, 1.807) is 12.1 Å². The Morgan fingerprint density at radius 2 is 2.39 bits per heavy atom. The van der Waals surface area contributed by atoms with E-state index >= 15 is 0 Å². The molecule has 0 aliphatic heterocycles. The van der Waals surface area contributed by atoms with Gasteiger partial charge in [-0.2, -0.15) is 5.26 Å². The average molecular weight is 268 g/mol. The number of carbonyl (C=O) groups excluding carboxylic acids is 1. The van der Waals surface area contributed by atoms with Crippen molar-refractivity contribution in [2.24, 2.45) is 5.73 Å². The summed E-state index contributed by atoms with van der Waals surface area (Å²) in [6.45, 7) is 0.272. The number of ether oxygens (including phenoxy) is 1. The van der Waals surface area contributed by atoms with E-state index in [0.29, 0.717) is 16.3 Å². The number of hydrogen-bond donors (Lipinski definition) is 2. The van der Waals surface area contributed by atoms with Gasteiger partial charge in [0, 0.05) is 19.3 Å². The van der Waals surface area contributed by atoms with Crippen LogP contribution in [0.4, 0.5) is 5.69 Å². The molecule has 1 unspecified atom stereocenters. The molecule has 0 aliphatic carbocycles. The molecular formula is C12H14ClN3O2. The van der Waals surface area contributed by atoms with E-state index in [9.17, 15) is 4.79 Å². The van der Waals surface area contributed by atoms with Gasteiger partial charge in [-0.1, -0.05) is 11.6 Å². The lowest BCUT2D eigenvalue weighted by molar-refractivity contribution is -0.118. The van der Waals surface area contributed by atoms with Crippen LogP contribution in [0.1, 0.15) is 12.0 Å². The van der Waals surface area contributed by atoms with Gasteiger partial charge in [0.15, 0.2) is 0 Å². The molecule has 1 amide bonds. The first-order chi connectivity index (χ1) is 8.60. The Balaban J connectivity index is 2.68. The Labute approximate surface area is 110 Å². The highest BCUT2D eigenvalue weighted by Gasteiger charge is 2.12. The average Bonchev–Trinajstić information content (AvgIpc) is 2.38. The molecule has 1 aromatic rings. The van der Waals surface area contributed by atoms with E-state index in [2.05, 4.69) is 5.32 Å². The molecule has 0 radical (unpaired) electrons. The maximum atomic E-state index is 11.7. The first-order valence-electron chi connectivity index (χ1n) is 5.33. The van der Waals surface area contributed by atoms with Crippen molar-refractivity contribution in [2.45, 2.75) is 12.5 Å². The molecule has 18 heavy (non-hydrogen) atoms. The summed E-state index contributed by atoms with van der Waals surface area (Å²) in [5.41, 5.74) is 6.26. The molecule has 0 bridgehead atoms. The maximum absolute atomic E-state index is 11.7. The van der Waals surface area contributed by atoms with E-state index in [-0.39, 0.29) is 25.0 Å². The smallest absolute Gasteiger partial charge is 0.227 e. The number of nitrogens with one attached hydrogen (secondary N) is 1. The van der Waals surface area contributed by atoms with E-state index in [4.69, 9.17) is 27.3 Å². The molecule has 3 N–H and O–H groups in total. The minimum atomic E-state index is -0.312. The highest BCUT2D eigenvalue weighted by molar-refractivity contribution is 6.31. The second-order valence-electron chi connectivity index (χ2n) is 3.65. The van der Waals surface area contributed by atoms with Crippen molar-refractivity contribution in [2.75, 3.05) is 19.0 Å². The predicted molar refractivity (Wildman–Crippen MR) is 69.3 cm³/mol. The number of halogens is 1. The van der Waals surface area contributed by atoms with Crippen LogP contribution < -0.4 is 11.1 Å². The van der Waals surface area contributed by atoms with Crippen molar-refractivity contribution in [3.63, 3.8) is 0 Å². The lowest BCUT2D eigenvalue weighted by Crippen LogP contribution is -2.28. The van der Waals surface area contributed by atoms with Crippen molar-refractivity contribution < 1.29 is 9.53 Å². The van der Waals surface area contributed by atoms with Gasteiger partial charge in [0.1, 0.15) is 6.07 Å². The van der Waals surface area contributed by atoms with Crippen LogP contribution in [-0.4, -0.2) is 25.7 Å². The summed E-state index contributed by atoms with van der Waals surface area (Å²) < 4.78 is 5.01. The topological polar surface area (TPSA) is 88.1 Å². The van der Waals surface area contributed by atoms with Gasteiger partial charge in [0.2, 0.25) is 5.91 Å². The van der Waals surface area contributed by atoms with Crippen molar-refractivity contribution >= 4 is 23.2 Å². The van der Waals surface area contributed by atoms with Crippen LogP contribution in [0.15, 0.2) is 18.2 Å². The van der Waals surface area contributed by atoms with Crippen molar-refractivity contribution in [3.8, 4) is 6.07 Å². The first-order valence-corrected chi connectivity index (χ1v) is 5.70. The zero-order valence-corrected chi connectivity index (χ0v) is 10.7. The van der Waals surface area contributed by atoms with Gasteiger partial charge in [-0.15, -0.1) is 0 Å². The fourth-order valence-electron chi connectivity index (χ4n) is 1.37. The van der Waals surface area contributed by atoms with Crippen LogP contribution in [-0.2, 0) is 9.53 Å². The van der Waals surface area contributed by atoms with Crippen LogP contribution in [0.3, 0.4) is 0 Å². The number of nitriles is 1. The number of rotatable bonds is 5. The van der Waals surface area contributed by atoms with Crippen molar-refractivity contribution in [3.05, 3.63) is 28.8 Å². The van der Waals surface area contributed by atoms with Crippen LogP contribution in [0.5, 0.6) is 0 Å². The number of anilines is 1. The number of carbonyl (C=O) groups is 1. The first kappa shape index (κ1) is 14.5. The monoisotopic (exact) mass is 267 g/mol. The normalized spacial score (nSPS) is 11.7. The molecule has 0 spiro atoms. The molecule has 1 rings (SSSR count). The van der Waals surface area contributed by atoms with Crippen LogP contribution in [0.2, 0.25) is 5.02 Å². The van der Waals surface area contributed by atoms with Crippen molar-refractivity contribution in [1.82, 2.24) is 0 Å². The summed E-state index contributed by atoms with van der Waals surface area (Å²) in [7, 11) is 1.50. The lowest BCUT2D eigenvalue weighted by atomic mass is 10.2. The Kier molecular flexibility index (Phi) is 5.59. The predicted octanol–water partition coefficient (Wildman–Crippen LogP) is 1.51. The standard InChI is InChI=1S/C12H14ClN3O2/c1-18-10(7-15)5-12(17)16-9-2-3-11(13)8(4-9)6-14/h2-4,10H,5,7,15H2,1H3,(H,16,17). The van der Waals surface area contributed by atoms with Gasteiger partial charge in [0.25, 0.3) is 0 Å². The number of nitrogens with zero attached hydrogens (tertiary/aromatic N) is 1. The number of nitrogens with two attached hydrogens (primary N) is 1.